The monoisotopic (exact) mass is 548 g/mol. The van der Waals surface area contributed by atoms with Crippen molar-refractivity contribution in [2.75, 3.05) is 0 Å². The number of rotatable bonds is 4. The van der Waals surface area contributed by atoms with Crippen LogP contribution in [0.2, 0.25) is 11.5 Å². The second-order valence-electron chi connectivity index (χ2n) is 10.3. The molecule has 0 saturated heterocycles. The van der Waals surface area contributed by atoms with Crippen molar-refractivity contribution >= 4 is 44.0 Å². The topological polar surface area (TPSA) is 17.0 Å². The Labute approximate surface area is 219 Å². The summed E-state index contributed by atoms with van der Waals surface area (Å²) in [6.45, 7) is 2.10. The molecule has 0 N–H and O–H groups in total. The maximum atomic E-state index is 15.7. The number of nitrogens with zero attached hydrogens (tertiary/aromatic N) is 1. The first-order valence-corrected chi connectivity index (χ1v) is 18.9. The Kier molecular flexibility index (Phi) is 5.76. The predicted octanol–water partition coefficient (Wildman–Crippen LogP) is 7.01. The third-order valence-corrected chi connectivity index (χ3v) is 14.9. The molecule has 0 radical (unpaired) electrons. The van der Waals surface area contributed by atoms with E-state index in [4.69, 9.17) is 4.42 Å². The first-order chi connectivity index (χ1) is 17.9. The van der Waals surface area contributed by atoms with E-state index in [0.29, 0.717) is 5.58 Å². The summed E-state index contributed by atoms with van der Waals surface area (Å²) in [7, 11) is 2.04. The van der Waals surface area contributed by atoms with Crippen molar-refractivity contribution in [2.45, 2.75) is 18.4 Å². The van der Waals surface area contributed by atoms with Gasteiger partial charge in [0, 0.05) is 0 Å². The molecule has 2 aromatic heterocycles. The van der Waals surface area contributed by atoms with Crippen molar-refractivity contribution in [1.29, 1.82) is 0 Å². The Morgan fingerprint density at radius 1 is 0.703 bits per heavy atom. The third-order valence-electron chi connectivity index (χ3n) is 7.62. The van der Waals surface area contributed by atoms with E-state index in [2.05, 4.69) is 77.6 Å². The number of pyridine rings is 1. The summed E-state index contributed by atoms with van der Waals surface area (Å²) in [4.78, 5) is 0. The molecule has 4 aromatic carbocycles. The molecule has 0 saturated carbocycles. The van der Waals surface area contributed by atoms with Crippen LogP contribution in [0, 0.1) is 12.7 Å². The van der Waals surface area contributed by atoms with Gasteiger partial charge in [0.1, 0.15) is 0 Å². The van der Waals surface area contributed by atoms with Gasteiger partial charge >= 0.3 is 220 Å². The van der Waals surface area contributed by atoms with Crippen LogP contribution in [0.3, 0.4) is 0 Å². The SMILES string of the molecule is Cc1ccc2c(oc3[c]([Ge]([CH3])([CH3])[c]4ccc(-c5ccccc5)cc4)c(F)ccc32)c1-c1cccc[n+]1C. The number of furan rings is 1. The van der Waals surface area contributed by atoms with Crippen molar-refractivity contribution in [3.05, 3.63) is 115 Å². The van der Waals surface area contributed by atoms with Gasteiger partial charge in [0.05, 0.1) is 0 Å². The summed E-state index contributed by atoms with van der Waals surface area (Å²) in [5.74, 6) is 4.34. The van der Waals surface area contributed by atoms with Gasteiger partial charge in [-0.1, -0.05) is 0 Å². The van der Waals surface area contributed by atoms with Crippen molar-refractivity contribution in [2.24, 2.45) is 7.05 Å². The van der Waals surface area contributed by atoms with E-state index in [1.165, 1.54) is 15.5 Å². The molecule has 37 heavy (non-hydrogen) atoms. The number of hydrogen-bond acceptors (Lipinski definition) is 1. The van der Waals surface area contributed by atoms with Gasteiger partial charge in [-0.3, -0.25) is 0 Å². The fraction of sp³-hybridized carbons (Fsp3) is 0.121. The van der Waals surface area contributed by atoms with Gasteiger partial charge in [-0.05, 0) is 0 Å². The second kappa shape index (κ2) is 9.00. The molecule has 4 heteroatoms. The predicted molar refractivity (Wildman–Crippen MR) is 154 cm³/mol. The summed E-state index contributed by atoms with van der Waals surface area (Å²) in [6.07, 6.45) is 2.04. The quantitative estimate of drug-likeness (QED) is 0.171. The van der Waals surface area contributed by atoms with E-state index in [1.54, 1.807) is 6.07 Å². The Hall–Kier alpha value is -3.70. The van der Waals surface area contributed by atoms with Gasteiger partial charge in [-0.2, -0.15) is 0 Å². The van der Waals surface area contributed by atoms with Gasteiger partial charge in [0.15, 0.2) is 0 Å². The van der Waals surface area contributed by atoms with Crippen LogP contribution < -0.4 is 13.4 Å². The standard InChI is InChI=1S/C33H29FGeNO/c1-22-13-18-26-27-19-20-28(34)31(33(27)37-32(26)30(22)29-12-8-9-21-36(29)4)35(2,3)25-16-14-24(15-17-25)23-10-6-5-7-11-23/h5-21H,1-4H3/q+1. The summed E-state index contributed by atoms with van der Waals surface area (Å²) in [6, 6.07) is 32.9. The normalized spacial score (nSPS) is 11.9. The summed E-state index contributed by atoms with van der Waals surface area (Å²) >= 11 is -3.09. The van der Waals surface area contributed by atoms with Crippen molar-refractivity contribution in [3.63, 3.8) is 0 Å². The molecular formula is C33H29FGeNO+. The molecule has 6 aromatic rings. The van der Waals surface area contributed by atoms with Crippen LogP contribution in [-0.2, 0) is 7.05 Å². The Balaban J connectivity index is 1.56. The van der Waals surface area contributed by atoms with Crippen LogP contribution in [0.25, 0.3) is 44.3 Å². The first kappa shape index (κ1) is 23.7. The minimum absolute atomic E-state index is 0.174. The van der Waals surface area contributed by atoms with Crippen LogP contribution in [0.4, 0.5) is 4.39 Å². The fourth-order valence-corrected chi connectivity index (χ4v) is 11.2. The summed E-state index contributed by atoms with van der Waals surface area (Å²) in [5.41, 5.74) is 7.12. The molecule has 182 valence electrons. The summed E-state index contributed by atoms with van der Waals surface area (Å²) in [5, 5.41) is 2.00. The van der Waals surface area contributed by atoms with Gasteiger partial charge in [-0.25, -0.2) is 0 Å². The van der Waals surface area contributed by atoms with Crippen LogP contribution in [-0.4, -0.2) is 13.3 Å². The molecule has 2 nitrogen and oxygen atoms in total. The average Bonchev–Trinajstić information content (AvgIpc) is 3.27. The number of fused-ring (bicyclic) bond motifs is 3. The van der Waals surface area contributed by atoms with E-state index in [-0.39, 0.29) is 5.82 Å². The van der Waals surface area contributed by atoms with E-state index < -0.39 is 13.3 Å². The second-order valence-corrected chi connectivity index (χ2v) is 19.4. The number of aryl methyl sites for hydroxylation is 2. The average molecular weight is 547 g/mol. The Morgan fingerprint density at radius 3 is 2.08 bits per heavy atom. The van der Waals surface area contributed by atoms with Crippen molar-refractivity contribution in [1.82, 2.24) is 0 Å². The Morgan fingerprint density at radius 2 is 1.35 bits per heavy atom. The Bertz CT molecular complexity index is 1770. The molecular weight excluding hydrogens is 518 g/mol. The van der Waals surface area contributed by atoms with E-state index in [9.17, 15) is 0 Å². The van der Waals surface area contributed by atoms with Crippen LogP contribution in [0.15, 0.2) is 108 Å². The van der Waals surface area contributed by atoms with Crippen LogP contribution in [0.5, 0.6) is 0 Å². The van der Waals surface area contributed by atoms with Gasteiger partial charge in [0.2, 0.25) is 0 Å². The summed E-state index contributed by atoms with van der Waals surface area (Å²) < 4.78 is 26.5. The van der Waals surface area contributed by atoms with Crippen LogP contribution in [0.1, 0.15) is 5.56 Å². The fourth-order valence-electron chi connectivity index (χ4n) is 5.52. The zero-order valence-corrected chi connectivity index (χ0v) is 23.6. The van der Waals surface area contributed by atoms with E-state index in [1.807, 2.05) is 49.6 Å². The molecule has 0 bridgehead atoms. The molecule has 0 amide bonds. The number of aromatic nitrogens is 1. The van der Waals surface area contributed by atoms with E-state index in [0.717, 1.165) is 37.6 Å². The molecule has 0 aliphatic rings. The molecule has 0 unspecified atom stereocenters. The van der Waals surface area contributed by atoms with E-state index >= 15 is 4.39 Å². The van der Waals surface area contributed by atoms with Crippen molar-refractivity contribution < 1.29 is 13.4 Å². The molecule has 0 spiro atoms. The molecule has 0 atom stereocenters. The number of benzene rings is 4. The number of hydrogen-bond donors (Lipinski definition) is 0. The van der Waals surface area contributed by atoms with Crippen LogP contribution >= 0.6 is 0 Å². The molecule has 6 rings (SSSR count). The third kappa shape index (κ3) is 3.89. The molecule has 0 aliphatic heterocycles. The number of halogens is 1. The van der Waals surface area contributed by atoms with Crippen molar-refractivity contribution in [3.8, 4) is 22.4 Å². The first-order valence-electron chi connectivity index (χ1n) is 12.6. The minimum atomic E-state index is -3.09. The molecule has 0 aliphatic carbocycles. The zero-order chi connectivity index (χ0) is 25.7. The molecule has 0 fully saturated rings. The molecule has 2 heterocycles. The van der Waals surface area contributed by atoms with Gasteiger partial charge in [0.25, 0.3) is 0 Å². The van der Waals surface area contributed by atoms with Gasteiger partial charge in [-0.15, -0.1) is 0 Å². The zero-order valence-electron chi connectivity index (χ0n) is 21.5. The van der Waals surface area contributed by atoms with Gasteiger partial charge < -0.3 is 0 Å². The maximum absolute atomic E-state index is 15.7.